The molecule has 13 heavy (non-hydrogen) atoms. The van der Waals surface area contributed by atoms with Gasteiger partial charge < -0.3 is 0 Å². The van der Waals surface area contributed by atoms with Gasteiger partial charge in [-0.05, 0) is 25.0 Å². The average Bonchev–Trinajstić information content (AvgIpc) is 2.11. The summed E-state index contributed by atoms with van der Waals surface area (Å²) in [7, 11) is 0. The van der Waals surface area contributed by atoms with Gasteiger partial charge in [-0.25, -0.2) is 0 Å². The van der Waals surface area contributed by atoms with Crippen LogP contribution in [0.5, 0.6) is 0 Å². The van der Waals surface area contributed by atoms with E-state index in [-0.39, 0.29) is 4.49 Å². The zero-order valence-corrected chi connectivity index (χ0v) is 9.79. The Morgan fingerprint density at radius 3 is 1.54 bits per heavy atom. The van der Waals surface area contributed by atoms with Crippen molar-refractivity contribution in [2.24, 2.45) is 0 Å². The van der Waals surface area contributed by atoms with E-state index in [1.165, 1.54) is 11.1 Å². The molecule has 0 nitrogen and oxygen atoms in total. The molecule has 0 unspecified atom stereocenters. The van der Waals surface area contributed by atoms with Crippen molar-refractivity contribution in [3.8, 4) is 0 Å². The molecule has 3 heteroatoms. The van der Waals surface area contributed by atoms with E-state index in [1.54, 1.807) is 0 Å². The van der Waals surface area contributed by atoms with Crippen LogP contribution in [0, 0.1) is 13.8 Å². The van der Waals surface area contributed by atoms with Crippen molar-refractivity contribution in [2.75, 3.05) is 0 Å². The van der Waals surface area contributed by atoms with E-state index in [0.29, 0.717) is 0 Å². The summed E-state index contributed by atoms with van der Waals surface area (Å²) in [6.07, 6.45) is 0. The van der Waals surface area contributed by atoms with E-state index < -0.39 is 0 Å². The molecule has 0 aromatic heterocycles. The van der Waals surface area contributed by atoms with E-state index in [1.807, 2.05) is 0 Å². The Morgan fingerprint density at radius 2 is 1.38 bits per heavy atom. The molecule has 0 aliphatic carbocycles. The van der Waals surface area contributed by atoms with Gasteiger partial charge in [0.25, 0.3) is 0 Å². The highest BCUT2D eigenvalue weighted by Crippen LogP contribution is 2.06. The Morgan fingerprint density at radius 1 is 1.08 bits per heavy atom. The van der Waals surface area contributed by atoms with Crippen molar-refractivity contribution in [3.63, 3.8) is 0 Å². The molecule has 0 aliphatic rings. The molecule has 0 atom stereocenters. The Balaban J connectivity index is 0.000000252. The topological polar surface area (TPSA) is 0 Å². The first-order valence-corrected chi connectivity index (χ1v) is 4.90. The molecule has 1 aromatic rings. The van der Waals surface area contributed by atoms with Gasteiger partial charge in [0, 0.05) is 5.54 Å². The summed E-state index contributed by atoms with van der Waals surface area (Å²) in [6.45, 7) is 4.24. The number of hydrogen-bond donors (Lipinski definition) is 0. The molecular formula is C10H11Cl3. The second-order valence-electron chi connectivity index (χ2n) is 2.48. The number of hydrogen-bond acceptors (Lipinski definition) is 0. The van der Waals surface area contributed by atoms with Gasteiger partial charge in [-0.2, -0.15) is 0 Å². The van der Waals surface area contributed by atoms with Crippen LogP contribution in [0.15, 0.2) is 34.3 Å². The summed E-state index contributed by atoms with van der Waals surface area (Å²) < 4.78 is 0.0895. The van der Waals surface area contributed by atoms with Crippen LogP contribution in [0.25, 0.3) is 0 Å². The lowest BCUT2D eigenvalue weighted by molar-refractivity contribution is 1.34. The van der Waals surface area contributed by atoms with Crippen molar-refractivity contribution in [3.05, 3.63) is 45.4 Å². The molecule has 0 spiro atoms. The van der Waals surface area contributed by atoms with Gasteiger partial charge in [0.1, 0.15) is 4.49 Å². The highest BCUT2D eigenvalue weighted by Gasteiger charge is 1.83. The van der Waals surface area contributed by atoms with Crippen LogP contribution >= 0.6 is 34.8 Å². The standard InChI is InChI=1S/C8H10.C2HCl3/c1-7-5-3-4-6-8(7)2;3-1-2(4)5/h3-6H,1-2H3;1H. The summed E-state index contributed by atoms with van der Waals surface area (Å²) >= 11 is 14.8. The molecule has 0 amide bonds. The SMILES string of the molecule is Cc1ccccc1C.ClC=C(Cl)Cl. The fraction of sp³-hybridized carbons (Fsp3) is 0.200. The molecule has 0 saturated heterocycles. The minimum absolute atomic E-state index is 0.0895. The van der Waals surface area contributed by atoms with Crippen LogP contribution in [0.3, 0.4) is 0 Å². The van der Waals surface area contributed by atoms with Crippen LogP contribution in [-0.2, 0) is 0 Å². The van der Waals surface area contributed by atoms with Gasteiger partial charge in [0.2, 0.25) is 0 Å². The van der Waals surface area contributed by atoms with Gasteiger partial charge in [-0.15, -0.1) is 0 Å². The number of aryl methyl sites for hydroxylation is 2. The molecular weight excluding hydrogens is 226 g/mol. The second kappa shape index (κ2) is 7.25. The average molecular weight is 238 g/mol. The Labute approximate surface area is 94.1 Å². The van der Waals surface area contributed by atoms with Crippen molar-refractivity contribution in [1.82, 2.24) is 0 Å². The van der Waals surface area contributed by atoms with Gasteiger partial charge in [0.05, 0.1) is 0 Å². The van der Waals surface area contributed by atoms with Crippen LogP contribution < -0.4 is 0 Å². The summed E-state index contributed by atoms with van der Waals surface area (Å²) in [5.41, 5.74) is 3.82. The normalized spacial score (nSPS) is 8.38. The van der Waals surface area contributed by atoms with Crippen LogP contribution in [0.1, 0.15) is 11.1 Å². The highest BCUT2D eigenvalue weighted by molar-refractivity contribution is 6.58. The predicted molar refractivity (Wildman–Crippen MR) is 61.6 cm³/mol. The van der Waals surface area contributed by atoms with E-state index in [9.17, 15) is 0 Å². The molecule has 0 saturated carbocycles. The van der Waals surface area contributed by atoms with E-state index >= 15 is 0 Å². The lowest BCUT2D eigenvalue weighted by atomic mass is 10.1. The molecule has 0 fully saturated rings. The summed E-state index contributed by atoms with van der Waals surface area (Å²) in [4.78, 5) is 0. The molecule has 72 valence electrons. The molecule has 0 bridgehead atoms. The molecule has 1 rings (SSSR count). The quantitative estimate of drug-likeness (QED) is 0.608. The number of benzene rings is 1. The first-order chi connectivity index (χ1) is 6.07. The third-order valence-electron chi connectivity index (χ3n) is 1.51. The van der Waals surface area contributed by atoms with E-state index in [0.717, 1.165) is 5.54 Å². The van der Waals surface area contributed by atoms with E-state index in [2.05, 4.69) is 38.1 Å². The Kier molecular flexibility index (Phi) is 7.16. The smallest absolute Gasteiger partial charge is 0.0904 e. The third kappa shape index (κ3) is 6.94. The zero-order chi connectivity index (χ0) is 10.3. The fourth-order valence-electron chi connectivity index (χ4n) is 0.663. The van der Waals surface area contributed by atoms with E-state index in [4.69, 9.17) is 34.8 Å². The number of rotatable bonds is 0. The monoisotopic (exact) mass is 236 g/mol. The lowest BCUT2D eigenvalue weighted by Gasteiger charge is -1.93. The van der Waals surface area contributed by atoms with Crippen molar-refractivity contribution < 1.29 is 0 Å². The summed E-state index contributed by atoms with van der Waals surface area (Å²) in [6, 6.07) is 8.36. The highest BCUT2D eigenvalue weighted by atomic mass is 35.5. The van der Waals surface area contributed by atoms with Crippen LogP contribution in [-0.4, -0.2) is 0 Å². The van der Waals surface area contributed by atoms with Gasteiger partial charge in [-0.3, -0.25) is 0 Å². The molecule has 0 N–H and O–H groups in total. The summed E-state index contributed by atoms with van der Waals surface area (Å²) in [5, 5.41) is 0. The second-order valence-corrected chi connectivity index (χ2v) is 3.71. The lowest BCUT2D eigenvalue weighted by Crippen LogP contribution is -1.74. The molecule has 1 aromatic carbocycles. The van der Waals surface area contributed by atoms with Crippen molar-refractivity contribution in [2.45, 2.75) is 13.8 Å². The Bertz CT molecular complexity index is 254. The van der Waals surface area contributed by atoms with Crippen LogP contribution in [0.4, 0.5) is 0 Å². The number of halogens is 3. The molecule has 0 heterocycles. The fourth-order valence-corrected chi connectivity index (χ4v) is 0.663. The van der Waals surface area contributed by atoms with Crippen molar-refractivity contribution in [1.29, 1.82) is 0 Å². The first-order valence-electron chi connectivity index (χ1n) is 3.71. The third-order valence-corrected chi connectivity index (χ3v) is 2.17. The molecule has 0 radical (unpaired) electrons. The Hall–Kier alpha value is -0.170. The zero-order valence-electron chi connectivity index (χ0n) is 7.52. The predicted octanol–water partition coefficient (Wildman–Crippen LogP) is 4.81. The van der Waals surface area contributed by atoms with Gasteiger partial charge in [0.15, 0.2) is 0 Å². The summed E-state index contributed by atoms with van der Waals surface area (Å²) in [5.74, 6) is 0. The minimum Gasteiger partial charge on any atom is -0.0904 e. The van der Waals surface area contributed by atoms with Gasteiger partial charge in [-0.1, -0.05) is 59.1 Å². The maximum Gasteiger partial charge on any atom is 0.118 e. The first kappa shape index (κ1) is 12.8. The maximum absolute atomic E-state index is 4.96. The minimum atomic E-state index is 0.0895. The maximum atomic E-state index is 4.96. The van der Waals surface area contributed by atoms with Crippen molar-refractivity contribution >= 4 is 34.8 Å². The largest absolute Gasteiger partial charge is 0.118 e. The molecule has 0 aliphatic heterocycles. The van der Waals surface area contributed by atoms with Gasteiger partial charge >= 0.3 is 0 Å². The van der Waals surface area contributed by atoms with Crippen LogP contribution in [0.2, 0.25) is 0 Å².